The first-order valence-corrected chi connectivity index (χ1v) is 1.83. The van der Waals surface area contributed by atoms with Crippen LogP contribution < -0.4 is 0 Å². The molecule has 0 atom stereocenters. The molecule has 0 N–H and O–H groups in total. The fourth-order valence-corrected chi connectivity index (χ4v) is 0.108. The Morgan fingerprint density at radius 3 is 2.75 bits per heavy atom. The Hall–Kier alpha value is 0.0900. The Kier molecular flexibility index (Phi) is 0.137. The van der Waals surface area contributed by atoms with Crippen molar-refractivity contribution in [1.29, 1.82) is 0 Å². The average molecular weight is 74.1 g/mol. The maximum Gasteiger partial charge on any atom is 0.0439 e. The van der Waals surface area contributed by atoms with E-state index >= 15 is 0 Å². The van der Waals surface area contributed by atoms with Gasteiger partial charge in [-0.25, -0.2) is 0 Å². The third-order valence-electron chi connectivity index (χ3n) is 0.246. The molecular weight excluding hydrogens is 68.1 g/mol. The van der Waals surface area contributed by atoms with E-state index in [9.17, 15) is 0 Å². The first-order chi connectivity index (χ1) is 2.63. The summed E-state index contributed by atoms with van der Waals surface area (Å²) >= 11 is 1.19. The summed E-state index contributed by atoms with van der Waals surface area (Å²) in [6.45, 7) is 3.41. The molecule has 0 bridgehead atoms. The van der Waals surface area contributed by atoms with Crippen molar-refractivity contribution in [3.8, 4) is 0 Å². The first kappa shape index (κ1) is 1.05. The normalized spacial score (nSPS) is 41.5. The Labute approximate surface area is 32.7 Å². The molecule has 1 heterocycles. The summed E-state index contributed by atoms with van der Waals surface area (Å²) < 4.78 is 13.6. The van der Waals surface area contributed by atoms with Crippen LogP contribution in [0.15, 0.2) is 11.5 Å². The predicted molar refractivity (Wildman–Crippen MR) is 21.6 cm³/mol. The summed E-state index contributed by atoms with van der Waals surface area (Å²) in [5.74, 6) is 0. The zero-order valence-electron chi connectivity index (χ0n) is 4.12. The van der Waals surface area contributed by atoms with Gasteiger partial charge in [-0.3, -0.25) is 0 Å². The number of thioether (sulfide) groups is 1. The molecule has 1 heteroatoms. The van der Waals surface area contributed by atoms with Crippen LogP contribution in [0, 0.1) is 0 Å². The number of rotatable bonds is 0. The highest BCUT2D eigenvalue weighted by molar-refractivity contribution is 8.11. The van der Waals surface area contributed by atoms with Crippen LogP contribution in [0.5, 0.6) is 0 Å². The van der Waals surface area contributed by atoms with E-state index in [1.807, 2.05) is 0 Å². The van der Waals surface area contributed by atoms with Crippen LogP contribution in [0.25, 0.3) is 0 Å². The summed E-state index contributed by atoms with van der Waals surface area (Å²) in [7, 11) is 0. The fourth-order valence-electron chi connectivity index (χ4n) is 0.0361. The van der Waals surface area contributed by atoms with Crippen LogP contribution in [-0.2, 0) is 0 Å². The lowest BCUT2D eigenvalue weighted by Crippen LogP contribution is -1.21. The second-order valence-corrected chi connectivity index (χ2v) is 1.53. The monoisotopic (exact) mass is 74.0 g/mol. The van der Waals surface area contributed by atoms with E-state index in [0.29, 0.717) is 4.91 Å². The molecule has 0 unspecified atom stereocenters. The van der Waals surface area contributed by atoms with Gasteiger partial charge in [0.2, 0.25) is 0 Å². The SMILES string of the molecule is [2H]C1([2H])SC1=C. The van der Waals surface area contributed by atoms with Crippen molar-refractivity contribution in [3.05, 3.63) is 11.5 Å². The summed E-state index contributed by atoms with van der Waals surface area (Å²) in [5.41, 5.74) is -1.07. The molecule has 0 aliphatic carbocycles. The van der Waals surface area contributed by atoms with Crippen molar-refractivity contribution in [2.24, 2.45) is 0 Å². The highest BCUT2D eigenvalue weighted by atomic mass is 32.2. The second-order valence-electron chi connectivity index (χ2n) is 0.627. The summed E-state index contributed by atoms with van der Waals surface area (Å²) in [4.78, 5) is 0.655. The second kappa shape index (κ2) is 0.521. The third-order valence-corrected chi connectivity index (χ3v) is 0.739. The lowest BCUT2D eigenvalue weighted by atomic mass is 10.8. The van der Waals surface area contributed by atoms with Crippen LogP contribution in [0.1, 0.15) is 2.74 Å². The fraction of sp³-hybridized carbons (Fsp3) is 0.333. The summed E-state index contributed by atoms with van der Waals surface area (Å²) in [5, 5.41) is 0. The van der Waals surface area contributed by atoms with E-state index in [2.05, 4.69) is 6.58 Å². The van der Waals surface area contributed by atoms with Crippen molar-refractivity contribution in [2.45, 2.75) is 0 Å². The third kappa shape index (κ3) is 0.260. The molecule has 22 valence electrons. The molecule has 1 aliphatic heterocycles. The van der Waals surface area contributed by atoms with Gasteiger partial charge in [-0.1, -0.05) is 6.58 Å². The van der Waals surface area contributed by atoms with Crippen molar-refractivity contribution in [3.63, 3.8) is 0 Å². The summed E-state index contributed by atoms with van der Waals surface area (Å²) in [6, 6.07) is 0. The van der Waals surface area contributed by atoms with E-state index < -0.39 is 5.70 Å². The van der Waals surface area contributed by atoms with Gasteiger partial charge in [0.1, 0.15) is 0 Å². The van der Waals surface area contributed by atoms with Crippen LogP contribution >= 0.6 is 11.8 Å². The van der Waals surface area contributed by atoms with Gasteiger partial charge in [0.25, 0.3) is 0 Å². The Balaban J connectivity index is 2.63. The highest BCUT2D eigenvalue weighted by Gasteiger charge is 2.05. The maximum absolute atomic E-state index is 6.78. The molecule has 1 fully saturated rings. The van der Waals surface area contributed by atoms with E-state index in [1.165, 1.54) is 11.8 Å². The van der Waals surface area contributed by atoms with Crippen LogP contribution in [-0.4, -0.2) is 5.70 Å². The molecule has 0 aromatic carbocycles. The van der Waals surface area contributed by atoms with E-state index in [0.717, 1.165) is 0 Å². The van der Waals surface area contributed by atoms with Gasteiger partial charge in [0.15, 0.2) is 0 Å². The Morgan fingerprint density at radius 1 is 2.50 bits per heavy atom. The van der Waals surface area contributed by atoms with Gasteiger partial charge in [0.05, 0.1) is 0 Å². The quantitative estimate of drug-likeness (QED) is 0.390. The molecule has 1 rings (SSSR count). The molecule has 0 spiro atoms. The minimum atomic E-state index is -1.07. The first-order valence-electron chi connectivity index (χ1n) is 2.01. The van der Waals surface area contributed by atoms with Gasteiger partial charge in [-0.2, -0.15) is 0 Å². The van der Waals surface area contributed by atoms with E-state index in [-0.39, 0.29) is 0 Å². The highest BCUT2D eigenvalue weighted by Crippen LogP contribution is 2.32. The van der Waals surface area contributed by atoms with Crippen molar-refractivity contribution >= 4 is 11.8 Å². The lowest BCUT2D eigenvalue weighted by Gasteiger charge is -1.31. The van der Waals surface area contributed by atoms with Gasteiger partial charge in [-0.05, 0) is 4.91 Å². The van der Waals surface area contributed by atoms with Gasteiger partial charge in [0, 0.05) is 8.45 Å². The van der Waals surface area contributed by atoms with Crippen LogP contribution in [0.3, 0.4) is 0 Å². The maximum atomic E-state index is 6.78. The standard InChI is InChI=1S/C3H4S/c1-3-2-4-3/h1-2H2/i2D2. The topological polar surface area (TPSA) is 0 Å². The lowest BCUT2D eigenvalue weighted by molar-refractivity contribution is 1.94. The molecule has 0 aromatic heterocycles. The van der Waals surface area contributed by atoms with Crippen molar-refractivity contribution in [1.82, 2.24) is 0 Å². The largest absolute Gasteiger partial charge is 0.125 e. The molecule has 1 aliphatic rings. The molecule has 0 nitrogen and oxygen atoms in total. The molecule has 4 heavy (non-hydrogen) atoms. The van der Waals surface area contributed by atoms with Crippen molar-refractivity contribution in [2.75, 3.05) is 5.70 Å². The van der Waals surface area contributed by atoms with E-state index in [4.69, 9.17) is 2.74 Å². The van der Waals surface area contributed by atoms with E-state index in [1.54, 1.807) is 0 Å². The zero-order chi connectivity index (χ0) is 4.78. The van der Waals surface area contributed by atoms with Gasteiger partial charge in [-0.15, -0.1) is 11.8 Å². The van der Waals surface area contributed by atoms with Crippen LogP contribution in [0.2, 0.25) is 0 Å². The van der Waals surface area contributed by atoms with Crippen LogP contribution in [0.4, 0.5) is 0 Å². The molecule has 0 saturated carbocycles. The van der Waals surface area contributed by atoms with Gasteiger partial charge < -0.3 is 0 Å². The molecule has 0 amide bonds. The van der Waals surface area contributed by atoms with Gasteiger partial charge >= 0.3 is 0 Å². The molecule has 0 aromatic rings. The Morgan fingerprint density at radius 2 is 2.75 bits per heavy atom. The zero-order valence-corrected chi connectivity index (χ0v) is 2.93. The minimum absolute atomic E-state index is 0.655. The predicted octanol–water partition coefficient (Wildman–Crippen LogP) is 1.25. The smallest absolute Gasteiger partial charge is 0.0439 e. The van der Waals surface area contributed by atoms with Crippen molar-refractivity contribution < 1.29 is 2.74 Å². The average Bonchev–Trinajstić information content (AvgIpc) is 1.73. The molecular formula is C3H4S. The number of hydrogen-bond donors (Lipinski definition) is 0. The molecule has 1 saturated heterocycles. The Bertz CT molecular complexity index is 97.0. The minimum Gasteiger partial charge on any atom is -0.125 e. The summed E-state index contributed by atoms with van der Waals surface area (Å²) in [6.07, 6.45) is 0. The molecule has 0 radical (unpaired) electrons. The number of hydrogen-bond acceptors (Lipinski definition) is 1.